The van der Waals surface area contributed by atoms with Gasteiger partial charge < -0.3 is 10.2 Å². The minimum absolute atomic E-state index is 0.0529. The third kappa shape index (κ3) is 1.75. The van der Waals surface area contributed by atoms with Crippen molar-refractivity contribution >= 4 is 5.97 Å². The van der Waals surface area contributed by atoms with Crippen LogP contribution in [-0.2, 0) is 7.05 Å². The van der Waals surface area contributed by atoms with Crippen molar-refractivity contribution in [1.82, 2.24) is 9.78 Å². The number of carbonyl (C=O) groups is 1. The van der Waals surface area contributed by atoms with E-state index in [1.807, 2.05) is 0 Å². The normalized spacial score (nSPS) is 10.3. The van der Waals surface area contributed by atoms with E-state index in [1.165, 1.54) is 12.1 Å². The number of nitrogens with zero attached hydrogens (tertiary/aromatic N) is 2. The second-order valence-electron chi connectivity index (χ2n) is 3.41. The minimum atomic E-state index is -1.07. The van der Waals surface area contributed by atoms with Gasteiger partial charge in [-0.3, -0.25) is 4.68 Å². The van der Waals surface area contributed by atoms with Crippen LogP contribution >= 0.6 is 0 Å². The number of aryl methyl sites for hydroxylation is 1. The number of benzene rings is 1. The first-order valence-electron chi connectivity index (χ1n) is 4.64. The number of rotatable bonds is 2. The zero-order valence-electron chi connectivity index (χ0n) is 8.58. The Morgan fingerprint density at radius 1 is 1.38 bits per heavy atom. The molecule has 0 atom stereocenters. The van der Waals surface area contributed by atoms with Crippen molar-refractivity contribution in [2.24, 2.45) is 7.05 Å². The van der Waals surface area contributed by atoms with E-state index in [2.05, 4.69) is 5.10 Å². The molecular weight excluding hydrogens is 208 g/mol. The van der Waals surface area contributed by atoms with Crippen LogP contribution in [0.15, 0.2) is 30.5 Å². The number of hydrogen-bond acceptors (Lipinski definition) is 3. The predicted molar refractivity (Wildman–Crippen MR) is 57.3 cm³/mol. The van der Waals surface area contributed by atoms with E-state index in [0.717, 1.165) is 0 Å². The molecule has 1 aromatic carbocycles. The lowest BCUT2D eigenvalue weighted by Gasteiger charge is -2.02. The van der Waals surface area contributed by atoms with Crippen LogP contribution in [-0.4, -0.2) is 26.0 Å². The summed E-state index contributed by atoms with van der Waals surface area (Å²) < 4.78 is 1.61. The van der Waals surface area contributed by atoms with Crippen LogP contribution < -0.4 is 0 Å². The Balaban J connectivity index is 2.47. The maximum Gasteiger partial charge on any atom is 0.335 e. The summed E-state index contributed by atoms with van der Waals surface area (Å²) >= 11 is 0. The molecule has 82 valence electrons. The van der Waals surface area contributed by atoms with E-state index in [1.54, 1.807) is 30.1 Å². The topological polar surface area (TPSA) is 75.4 Å². The number of aromatic carboxylic acids is 1. The SMILES string of the molecule is Cn1ccc(-c2ccc(C(=O)O)cc2O)n1. The fourth-order valence-electron chi connectivity index (χ4n) is 1.44. The average molecular weight is 218 g/mol. The van der Waals surface area contributed by atoms with Crippen LogP contribution in [0.3, 0.4) is 0 Å². The van der Waals surface area contributed by atoms with Gasteiger partial charge in [0, 0.05) is 18.8 Å². The molecule has 0 aliphatic heterocycles. The van der Waals surface area contributed by atoms with E-state index < -0.39 is 5.97 Å². The van der Waals surface area contributed by atoms with Gasteiger partial charge in [-0.2, -0.15) is 5.10 Å². The Morgan fingerprint density at radius 3 is 2.62 bits per heavy atom. The molecule has 1 aromatic heterocycles. The highest BCUT2D eigenvalue weighted by Crippen LogP contribution is 2.28. The molecule has 0 spiro atoms. The molecule has 0 saturated heterocycles. The second kappa shape index (κ2) is 3.69. The van der Waals surface area contributed by atoms with Crippen molar-refractivity contribution < 1.29 is 15.0 Å². The Labute approximate surface area is 91.6 Å². The van der Waals surface area contributed by atoms with Gasteiger partial charge in [0.1, 0.15) is 5.75 Å². The molecule has 0 bridgehead atoms. The highest BCUT2D eigenvalue weighted by Gasteiger charge is 2.10. The smallest absolute Gasteiger partial charge is 0.335 e. The van der Waals surface area contributed by atoms with Crippen molar-refractivity contribution in [3.63, 3.8) is 0 Å². The zero-order chi connectivity index (χ0) is 11.7. The predicted octanol–water partition coefficient (Wildman–Crippen LogP) is 1.49. The number of phenolic OH excluding ortho intramolecular Hbond substituents is 1. The highest BCUT2D eigenvalue weighted by atomic mass is 16.4. The van der Waals surface area contributed by atoms with Crippen LogP contribution in [0.25, 0.3) is 11.3 Å². The number of aromatic nitrogens is 2. The second-order valence-corrected chi connectivity index (χ2v) is 3.41. The van der Waals surface area contributed by atoms with E-state index in [0.29, 0.717) is 11.3 Å². The number of carboxylic acid groups (broad SMARTS) is 1. The monoisotopic (exact) mass is 218 g/mol. The van der Waals surface area contributed by atoms with Crippen molar-refractivity contribution in [1.29, 1.82) is 0 Å². The zero-order valence-corrected chi connectivity index (χ0v) is 8.58. The Bertz CT molecular complexity index is 546. The summed E-state index contributed by atoms with van der Waals surface area (Å²) in [6, 6.07) is 5.94. The number of aromatic hydroxyl groups is 1. The molecule has 0 aliphatic carbocycles. The maximum absolute atomic E-state index is 10.7. The molecule has 1 heterocycles. The van der Waals surface area contributed by atoms with Crippen LogP contribution in [0, 0.1) is 0 Å². The van der Waals surface area contributed by atoms with Crippen LogP contribution in [0.4, 0.5) is 0 Å². The molecule has 0 aliphatic rings. The molecule has 2 N–H and O–H groups in total. The third-order valence-corrected chi connectivity index (χ3v) is 2.23. The Morgan fingerprint density at radius 2 is 2.12 bits per heavy atom. The first-order chi connectivity index (χ1) is 7.58. The summed E-state index contributed by atoms with van der Waals surface area (Å²) in [4.78, 5) is 10.7. The van der Waals surface area contributed by atoms with Crippen LogP contribution in [0.1, 0.15) is 10.4 Å². The molecule has 0 fully saturated rings. The molecule has 16 heavy (non-hydrogen) atoms. The fraction of sp³-hybridized carbons (Fsp3) is 0.0909. The fourth-order valence-corrected chi connectivity index (χ4v) is 1.44. The lowest BCUT2D eigenvalue weighted by atomic mass is 10.1. The first-order valence-corrected chi connectivity index (χ1v) is 4.64. The third-order valence-electron chi connectivity index (χ3n) is 2.23. The summed E-state index contributed by atoms with van der Waals surface area (Å²) in [5, 5.41) is 22.6. The van der Waals surface area contributed by atoms with E-state index in [9.17, 15) is 9.90 Å². The lowest BCUT2D eigenvalue weighted by Crippen LogP contribution is -1.96. The molecule has 0 saturated carbocycles. The summed E-state index contributed by atoms with van der Waals surface area (Å²) in [6.45, 7) is 0. The highest BCUT2D eigenvalue weighted by molar-refractivity contribution is 5.89. The number of phenols is 1. The van der Waals surface area contributed by atoms with Gasteiger partial charge in [0.05, 0.1) is 11.3 Å². The molecule has 0 unspecified atom stereocenters. The van der Waals surface area contributed by atoms with Crippen LogP contribution in [0.5, 0.6) is 5.75 Å². The largest absolute Gasteiger partial charge is 0.507 e. The molecule has 0 radical (unpaired) electrons. The van der Waals surface area contributed by atoms with Gasteiger partial charge in [-0.15, -0.1) is 0 Å². The molecular formula is C11H10N2O3. The van der Waals surface area contributed by atoms with Gasteiger partial charge >= 0.3 is 5.97 Å². The number of hydrogen-bond donors (Lipinski definition) is 2. The first kappa shape index (κ1) is 10.2. The summed E-state index contributed by atoms with van der Waals surface area (Å²) in [7, 11) is 1.77. The summed E-state index contributed by atoms with van der Waals surface area (Å²) in [6.07, 6.45) is 1.75. The van der Waals surface area contributed by atoms with Gasteiger partial charge in [0.2, 0.25) is 0 Å². The quantitative estimate of drug-likeness (QED) is 0.800. The lowest BCUT2D eigenvalue weighted by molar-refractivity contribution is 0.0696. The minimum Gasteiger partial charge on any atom is -0.507 e. The average Bonchev–Trinajstić information content (AvgIpc) is 2.64. The van der Waals surface area contributed by atoms with Gasteiger partial charge in [-0.25, -0.2) is 4.79 Å². The van der Waals surface area contributed by atoms with Crippen molar-refractivity contribution in [3.05, 3.63) is 36.0 Å². The van der Waals surface area contributed by atoms with Crippen molar-refractivity contribution in [3.8, 4) is 17.0 Å². The maximum atomic E-state index is 10.7. The van der Waals surface area contributed by atoms with Gasteiger partial charge in [-0.05, 0) is 24.3 Å². The molecule has 5 nitrogen and oxygen atoms in total. The Hall–Kier alpha value is -2.30. The van der Waals surface area contributed by atoms with Gasteiger partial charge in [-0.1, -0.05) is 0 Å². The molecule has 0 amide bonds. The molecule has 5 heteroatoms. The van der Waals surface area contributed by atoms with Crippen molar-refractivity contribution in [2.75, 3.05) is 0 Å². The molecule has 2 aromatic rings. The van der Waals surface area contributed by atoms with Crippen molar-refractivity contribution in [2.45, 2.75) is 0 Å². The van der Waals surface area contributed by atoms with Gasteiger partial charge in [0.25, 0.3) is 0 Å². The van der Waals surface area contributed by atoms with E-state index in [-0.39, 0.29) is 11.3 Å². The standard InChI is InChI=1S/C11H10N2O3/c1-13-5-4-9(12-13)8-3-2-7(11(15)16)6-10(8)14/h2-6,14H,1H3,(H,15,16). The van der Waals surface area contributed by atoms with Gasteiger partial charge in [0.15, 0.2) is 0 Å². The Kier molecular flexibility index (Phi) is 2.36. The summed E-state index contributed by atoms with van der Waals surface area (Å²) in [5.74, 6) is -1.15. The number of carboxylic acids is 1. The van der Waals surface area contributed by atoms with E-state index >= 15 is 0 Å². The van der Waals surface area contributed by atoms with E-state index in [4.69, 9.17) is 5.11 Å². The molecule has 2 rings (SSSR count). The van der Waals surface area contributed by atoms with Crippen LogP contribution in [0.2, 0.25) is 0 Å². The summed E-state index contributed by atoms with van der Waals surface area (Å²) in [5.41, 5.74) is 1.18.